The second-order valence-corrected chi connectivity index (χ2v) is 6.56. The zero-order valence-corrected chi connectivity index (χ0v) is 16.4. The number of rotatable bonds is 7. The molecule has 1 aromatic heterocycles. The van der Waals surface area contributed by atoms with Gasteiger partial charge in [-0.25, -0.2) is 9.78 Å². The largest absolute Gasteiger partial charge is 0.460 e. The van der Waals surface area contributed by atoms with Crippen LogP contribution in [0.15, 0.2) is 54.6 Å². The maximum Gasteiger partial charge on any atom is 0.357 e. The Hall–Kier alpha value is -2.43. The van der Waals surface area contributed by atoms with Crippen LogP contribution >= 0.6 is 11.6 Å². The van der Waals surface area contributed by atoms with Gasteiger partial charge in [0, 0.05) is 17.5 Å². The molecule has 0 aliphatic heterocycles. The minimum absolute atomic E-state index is 0.254. The number of fused-ring (bicyclic) bond motifs is 1. The lowest BCUT2D eigenvalue weighted by atomic mass is 9.97. The number of aromatic nitrogens is 1. The summed E-state index contributed by atoms with van der Waals surface area (Å²) in [6, 6.07) is 17.4. The predicted octanol–water partition coefficient (Wildman–Crippen LogP) is 5.05. The second-order valence-electron chi connectivity index (χ2n) is 6.20. The molecule has 0 fully saturated rings. The van der Waals surface area contributed by atoms with Crippen LogP contribution in [-0.2, 0) is 4.74 Å². The number of hydrogen-bond donors (Lipinski definition) is 0. The van der Waals surface area contributed by atoms with Gasteiger partial charge in [0.2, 0.25) is 0 Å². The molecule has 140 valence electrons. The lowest BCUT2D eigenvalue weighted by Crippen LogP contribution is -2.28. The predicted molar refractivity (Wildman–Crippen MR) is 110 cm³/mol. The van der Waals surface area contributed by atoms with Crippen molar-refractivity contribution < 1.29 is 9.53 Å². The molecule has 0 N–H and O–H groups in total. The first-order chi connectivity index (χ1) is 13.2. The average Bonchev–Trinajstić information content (AvgIpc) is 2.71. The van der Waals surface area contributed by atoms with Gasteiger partial charge in [0.15, 0.2) is 5.69 Å². The molecular formula is C22H23ClN2O2. The molecule has 0 atom stereocenters. The zero-order valence-electron chi connectivity index (χ0n) is 15.6. The van der Waals surface area contributed by atoms with Gasteiger partial charge in [0.05, 0.1) is 0 Å². The van der Waals surface area contributed by atoms with Crippen LogP contribution in [0.2, 0.25) is 5.15 Å². The number of pyridine rings is 1. The minimum Gasteiger partial charge on any atom is -0.460 e. The quantitative estimate of drug-likeness (QED) is 0.423. The van der Waals surface area contributed by atoms with Gasteiger partial charge >= 0.3 is 5.97 Å². The third kappa shape index (κ3) is 4.29. The molecule has 2 aromatic carbocycles. The summed E-state index contributed by atoms with van der Waals surface area (Å²) in [5, 5.41) is 2.01. The molecule has 3 rings (SSSR count). The number of carbonyl (C=O) groups is 1. The summed E-state index contributed by atoms with van der Waals surface area (Å²) in [7, 11) is 0. The minimum atomic E-state index is -0.450. The Bertz CT molecular complexity index is 924. The Labute approximate surface area is 164 Å². The van der Waals surface area contributed by atoms with Crippen molar-refractivity contribution in [2.75, 3.05) is 26.2 Å². The molecule has 0 radical (unpaired) electrons. The summed E-state index contributed by atoms with van der Waals surface area (Å²) in [4.78, 5) is 19.4. The van der Waals surface area contributed by atoms with Crippen LogP contribution in [0.25, 0.3) is 21.9 Å². The Morgan fingerprint density at radius 2 is 1.63 bits per heavy atom. The van der Waals surface area contributed by atoms with E-state index < -0.39 is 5.97 Å². The summed E-state index contributed by atoms with van der Waals surface area (Å²) >= 11 is 6.37. The molecule has 0 spiro atoms. The number of halogens is 1. The van der Waals surface area contributed by atoms with E-state index in [0.717, 1.165) is 35.0 Å². The smallest absolute Gasteiger partial charge is 0.357 e. The van der Waals surface area contributed by atoms with Crippen LogP contribution in [0.4, 0.5) is 0 Å². The van der Waals surface area contributed by atoms with Crippen LogP contribution in [0.5, 0.6) is 0 Å². The highest BCUT2D eigenvalue weighted by molar-refractivity contribution is 6.35. The van der Waals surface area contributed by atoms with E-state index in [4.69, 9.17) is 16.3 Å². The molecule has 0 unspecified atom stereocenters. The fourth-order valence-corrected chi connectivity index (χ4v) is 3.39. The van der Waals surface area contributed by atoms with Crippen molar-refractivity contribution in [1.29, 1.82) is 0 Å². The van der Waals surface area contributed by atoms with Crippen molar-refractivity contribution >= 4 is 28.3 Å². The van der Waals surface area contributed by atoms with Crippen molar-refractivity contribution in [2.45, 2.75) is 13.8 Å². The highest BCUT2D eigenvalue weighted by atomic mass is 35.5. The molecule has 0 bridgehead atoms. The van der Waals surface area contributed by atoms with Crippen LogP contribution in [0.1, 0.15) is 24.3 Å². The number of nitrogens with zero attached hydrogens (tertiary/aromatic N) is 2. The third-order valence-electron chi connectivity index (χ3n) is 4.66. The Kier molecular flexibility index (Phi) is 6.43. The summed E-state index contributed by atoms with van der Waals surface area (Å²) < 4.78 is 5.53. The maximum absolute atomic E-state index is 12.8. The van der Waals surface area contributed by atoms with Crippen molar-refractivity contribution in [3.8, 4) is 11.1 Å². The summed E-state index contributed by atoms with van der Waals surface area (Å²) in [5.74, 6) is -0.450. The Morgan fingerprint density at radius 1 is 1.00 bits per heavy atom. The molecule has 0 saturated carbocycles. The standard InChI is InChI=1S/C22H23ClN2O2/c1-3-25(4-2)14-15-27-22(26)20-19(16-10-6-5-7-11-16)17-12-8-9-13-18(17)21(23)24-20/h5-13H,3-4,14-15H2,1-2H3. The highest BCUT2D eigenvalue weighted by Gasteiger charge is 2.21. The monoisotopic (exact) mass is 382 g/mol. The molecule has 0 aliphatic rings. The molecule has 0 amide bonds. The van der Waals surface area contributed by atoms with Crippen molar-refractivity contribution in [3.63, 3.8) is 0 Å². The first-order valence-corrected chi connectivity index (χ1v) is 9.56. The van der Waals surface area contributed by atoms with E-state index in [2.05, 4.69) is 23.7 Å². The van der Waals surface area contributed by atoms with E-state index in [0.29, 0.717) is 18.3 Å². The van der Waals surface area contributed by atoms with Crippen LogP contribution < -0.4 is 0 Å². The van der Waals surface area contributed by atoms with Crippen molar-refractivity contribution in [1.82, 2.24) is 9.88 Å². The van der Waals surface area contributed by atoms with Gasteiger partial charge in [-0.2, -0.15) is 0 Å². The maximum atomic E-state index is 12.8. The van der Waals surface area contributed by atoms with Crippen molar-refractivity contribution in [3.05, 3.63) is 65.4 Å². The van der Waals surface area contributed by atoms with Crippen molar-refractivity contribution in [2.24, 2.45) is 0 Å². The van der Waals surface area contributed by atoms with Gasteiger partial charge in [-0.15, -0.1) is 0 Å². The fraction of sp³-hybridized carbons (Fsp3) is 0.273. The van der Waals surface area contributed by atoms with Crippen LogP contribution in [0.3, 0.4) is 0 Å². The summed E-state index contributed by atoms with van der Waals surface area (Å²) in [6.07, 6.45) is 0. The Morgan fingerprint density at radius 3 is 2.30 bits per heavy atom. The number of esters is 1. The van der Waals surface area contributed by atoms with E-state index >= 15 is 0 Å². The Balaban J connectivity index is 2.00. The number of ether oxygens (including phenoxy) is 1. The van der Waals surface area contributed by atoms with Gasteiger partial charge < -0.3 is 9.64 Å². The van der Waals surface area contributed by atoms with E-state index in [-0.39, 0.29) is 5.69 Å². The number of likely N-dealkylation sites (N-methyl/N-ethyl adjacent to an activating group) is 1. The molecule has 1 heterocycles. The number of hydrogen-bond acceptors (Lipinski definition) is 4. The molecule has 0 aliphatic carbocycles. The van der Waals surface area contributed by atoms with Gasteiger partial charge in [0.25, 0.3) is 0 Å². The van der Waals surface area contributed by atoms with Crippen LogP contribution in [-0.4, -0.2) is 42.1 Å². The first kappa shape index (κ1) is 19.3. The molecule has 5 heteroatoms. The SMILES string of the molecule is CCN(CC)CCOC(=O)c1nc(Cl)c2ccccc2c1-c1ccccc1. The summed E-state index contributed by atoms with van der Waals surface area (Å²) in [6.45, 7) is 7.03. The topological polar surface area (TPSA) is 42.4 Å². The second kappa shape index (κ2) is 8.98. The lowest BCUT2D eigenvalue weighted by Gasteiger charge is -2.18. The third-order valence-corrected chi connectivity index (χ3v) is 4.94. The highest BCUT2D eigenvalue weighted by Crippen LogP contribution is 2.34. The van der Waals surface area contributed by atoms with Gasteiger partial charge in [-0.1, -0.05) is 80.0 Å². The van der Waals surface area contributed by atoms with Gasteiger partial charge in [0.1, 0.15) is 11.8 Å². The summed E-state index contributed by atoms with van der Waals surface area (Å²) in [5.41, 5.74) is 1.92. The fourth-order valence-electron chi connectivity index (χ4n) is 3.14. The molecule has 0 saturated heterocycles. The molecule has 27 heavy (non-hydrogen) atoms. The van der Waals surface area contributed by atoms with Gasteiger partial charge in [-0.3, -0.25) is 0 Å². The normalized spacial score (nSPS) is 11.1. The molecular weight excluding hydrogens is 360 g/mol. The lowest BCUT2D eigenvalue weighted by molar-refractivity contribution is 0.0461. The van der Waals surface area contributed by atoms with Gasteiger partial charge in [-0.05, 0) is 24.0 Å². The average molecular weight is 383 g/mol. The zero-order chi connectivity index (χ0) is 19.2. The molecule has 3 aromatic rings. The number of benzene rings is 2. The first-order valence-electron chi connectivity index (χ1n) is 9.18. The van der Waals surface area contributed by atoms with E-state index in [1.54, 1.807) is 0 Å². The molecule has 4 nitrogen and oxygen atoms in total. The number of carbonyl (C=O) groups excluding carboxylic acids is 1. The van der Waals surface area contributed by atoms with E-state index in [1.807, 2.05) is 54.6 Å². The van der Waals surface area contributed by atoms with Crippen LogP contribution in [0, 0.1) is 0 Å². The van der Waals surface area contributed by atoms with E-state index in [9.17, 15) is 4.79 Å². The van der Waals surface area contributed by atoms with E-state index in [1.165, 1.54) is 0 Å².